The maximum atomic E-state index is 11.7. The predicted octanol–water partition coefficient (Wildman–Crippen LogP) is 7.39. The Kier molecular flexibility index (Phi) is 12.4. The minimum absolute atomic E-state index is 0.0231. The summed E-state index contributed by atoms with van der Waals surface area (Å²) in [5.41, 5.74) is 3.79. The molecule has 0 aliphatic rings. The molecule has 230 valence electrons. The van der Waals surface area contributed by atoms with Crippen molar-refractivity contribution in [2.75, 3.05) is 44.9 Å². The van der Waals surface area contributed by atoms with Gasteiger partial charge in [0.1, 0.15) is 11.4 Å². The lowest BCUT2D eigenvalue weighted by Gasteiger charge is -2.24. The minimum atomic E-state index is -4.05. The molecule has 0 aromatic heterocycles. The van der Waals surface area contributed by atoms with Gasteiger partial charge >= 0.3 is 7.82 Å². The second-order valence-electron chi connectivity index (χ2n) is 9.26. The van der Waals surface area contributed by atoms with E-state index in [0.717, 1.165) is 11.3 Å². The number of aliphatic hydroxyl groups excluding tert-OH is 1. The van der Waals surface area contributed by atoms with Gasteiger partial charge < -0.3 is 19.6 Å². The molecular weight excluding hydrogens is 579 g/mol. The zero-order chi connectivity index (χ0) is 31.4. The van der Waals surface area contributed by atoms with E-state index in [1.54, 1.807) is 50.2 Å². The second-order valence-corrected chi connectivity index (χ2v) is 10.7. The first kappa shape index (κ1) is 33.4. The number of phosphoric acid groups is 1. The molecule has 14 nitrogen and oxygen atoms in total. The number of azo groups is 2. The monoisotopic (exact) mass is 614 g/mol. The molecule has 0 aliphatic heterocycles. The molecule has 43 heavy (non-hydrogen) atoms. The number of hydrogen-bond donors (Lipinski definition) is 2. The molecule has 1 atom stereocenters. The van der Waals surface area contributed by atoms with Gasteiger partial charge in [-0.25, -0.2) is 4.57 Å². The topological polar surface area (TPSA) is 181 Å². The highest BCUT2D eigenvalue weighted by Crippen LogP contribution is 2.43. The number of aryl methyl sites for hydroxylation is 2. The molecule has 0 aliphatic carbocycles. The van der Waals surface area contributed by atoms with Gasteiger partial charge in [0.15, 0.2) is 5.69 Å². The lowest BCUT2D eigenvalue weighted by molar-refractivity contribution is -0.384. The van der Waals surface area contributed by atoms with E-state index in [9.17, 15) is 24.7 Å². The Morgan fingerprint density at radius 1 is 0.930 bits per heavy atom. The van der Waals surface area contributed by atoms with Crippen LogP contribution in [0.1, 0.15) is 24.5 Å². The highest BCUT2D eigenvalue weighted by atomic mass is 31.2. The van der Waals surface area contributed by atoms with Gasteiger partial charge in [-0.3, -0.25) is 19.2 Å². The third-order valence-corrected chi connectivity index (χ3v) is 7.16. The third kappa shape index (κ3) is 10.0. The molecule has 0 saturated heterocycles. The summed E-state index contributed by atoms with van der Waals surface area (Å²) in [6, 6.07) is 15.3. The van der Waals surface area contributed by atoms with Crippen molar-refractivity contribution in [3.63, 3.8) is 0 Å². The molecule has 0 saturated carbocycles. The summed E-state index contributed by atoms with van der Waals surface area (Å²) in [6.07, 6.45) is 0.440. The summed E-state index contributed by atoms with van der Waals surface area (Å²) in [6.45, 7) is 6.03. The van der Waals surface area contributed by atoms with Crippen LogP contribution in [-0.2, 0) is 13.6 Å². The van der Waals surface area contributed by atoms with E-state index in [0.29, 0.717) is 47.9 Å². The predicted molar refractivity (Wildman–Crippen MR) is 162 cm³/mol. The first-order valence-corrected chi connectivity index (χ1v) is 14.9. The van der Waals surface area contributed by atoms with Gasteiger partial charge in [0, 0.05) is 30.9 Å². The molecule has 3 aromatic carbocycles. The molecule has 1 unspecified atom stereocenters. The van der Waals surface area contributed by atoms with Crippen LogP contribution in [0.2, 0.25) is 0 Å². The van der Waals surface area contributed by atoms with Crippen molar-refractivity contribution in [2.45, 2.75) is 27.2 Å². The maximum Gasteiger partial charge on any atom is 0.472 e. The first-order valence-electron chi connectivity index (χ1n) is 13.4. The Morgan fingerprint density at radius 3 is 2.28 bits per heavy atom. The minimum Gasteiger partial charge on any atom is -0.494 e. The fourth-order valence-electron chi connectivity index (χ4n) is 3.95. The number of nitrogens with zero attached hydrogens (tertiary/aromatic N) is 6. The fourth-order valence-corrected chi connectivity index (χ4v) is 4.71. The molecule has 15 heteroatoms. The molecule has 0 bridgehead atoms. The Balaban J connectivity index is 1.71. The molecule has 0 radical (unpaired) electrons. The highest BCUT2D eigenvalue weighted by molar-refractivity contribution is 7.47. The second kappa shape index (κ2) is 16.0. The van der Waals surface area contributed by atoms with E-state index in [2.05, 4.69) is 25.0 Å². The van der Waals surface area contributed by atoms with Gasteiger partial charge in [0.05, 0.1) is 43.2 Å². The maximum absolute atomic E-state index is 11.7. The number of nitro benzene ring substituents is 1. The van der Waals surface area contributed by atoms with Crippen molar-refractivity contribution in [3.05, 3.63) is 75.8 Å². The highest BCUT2D eigenvalue weighted by Gasteiger charge is 2.19. The van der Waals surface area contributed by atoms with E-state index in [1.807, 2.05) is 24.0 Å². The summed E-state index contributed by atoms with van der Waals surface area (Å²) in [7, 11) is -2.56. The van der Waals surface area contributed by atoms with E-state index < -0.39 is 12.7 Å². The van der Waals surface area contributed by atoms with Crippen LogP contribution < -0.4 is 9.64 Å². The van der Waals surface area contributed by atoms with Crippen LogP contribution in [0.3, 0.4) is 0 Å². The van der Waals surface area contributed by atoms with Gasteiger partial charge in [-0.2, -0.15) is 5.11 Å². The van der Waals surface area contributed by atoms with Crippen LogP contribution in [0.25, 0.3) is 0 Å². The number of benzene rings is 3. The van der Waals surface area contributed by atoms with E-state index in [-0.39, 0.29) is 31.2 Å². The van der Waals surface area contributed by atoms with E-state index >= 15 is 0 Å². The third-order valence-electron chi connectivity index (χ3n) is 6.07. The zero-order valence-electron chi connectivity index (χ0n) is 24.4. The van der Waals surface area contributed by atoms with Crippen LogP contribution in [0.4, 0.5) is 34.1 Å². The van der Waals surface area contributed by atoms with Gasteiger partial charge in [-0.05, 0) is 74.7 Å². The Bertz CT molecular complexity index is 1500. The van der Waals surface area contributed by atoms with E-state index in [4.69, 9.17) is 9.26 Å². The van der Waals surface area contributed by atoms with Crippen molar-refractivity contribution < 1.29 is 33.3 Å². The van der Waals surface area contributed by atoms with Crippen LogP contribution in [0.15, 0.2) is 75.1 Å². The van der Waals surface area contributed by atoms with Crippen molar-refractivity contribution in [1.29, 1.82) is 0 Å². The Hall–Kier alpha value is -4.07. The number of anilines is 1. The molecule has 2 N–H and O–H groups in total. The van der Waals surface area contributed by atoms with Crippen molar-refractivity contribution >= 4 is 41.9 Å². The average molecular weight is 615 g/mol. The number of hydrogen-bond acceptors (Lipinski definition) is 12. The van der Waals surface area contributed by atoms with Gasteiger partial charge in [0.2, 0.25) is 0 Å². The number of nitro groups is 1. The number of rotatable bonds is 16. The summed E-state index contributed by atoms with van der Waals surface area (Å²) < 4.78 is 26.8. The molecule has 3 aromatic rings. The summed E-state index contributed by atoms with van der Waals surface area (Å²) in [5, 5.41) is 37.8. The van der Waals surface area contributed by atoms with Crippen molar-refractivity contribution in [2.24, 2.45) is 20.5 Å². The smallest absolute Gasteiger partial charge is 0.472 e. The summed E-state index contributed by atoms with van der Waals surface area (Å²) in [4.78, 5) is 22.3. The molecule has 0 heterocycles. The van der Waals surface area contributed by atoms with Crippen molar-refractivity contribution in [3.8, 4) is 5.75 Å². The fraction of sp³-hybridized carbons (Fsp3) is 0.357. The number of methoxy groups -OCH3 is 1. The van der Waals surface area contributed by atoms with Crippen LogP contribution in [-0.4, -0.2) is 54.9 Å². The lowest BCUT2D eigenvalue weighted by atomic mass is 10.1. The Labute approximate surface area is 249 Å². The van der Waals surface area contributed by atoms with Crippen LogP contribution in [0.5, 0.6) is 5.75 Å². The van der Waals surface area contributed by atoms with Crippen LogP contribution >= 0.6 is 7.82 Å². The normalized spacial score (nSPS) is 13.0. The number of phosphoric ester groups is 1. The van der Waals surface area contributed by atoms with Gasteiger partial charge in [-0.15, -0.1) is 15.3 Å². The average Bonchev–Trinajstić information content (AvgIpc) is 2.97. The van der Waals surface area contributed by atoms with Gasteiger partial charge in [0.25, 0.3) is 5.69 Å². The molecule has 0 amide bonds. The quantitative estimate of drug-likeness (QED) is 0.0546. The molecular formula is C28H35N6O8P. The largest absolute Gasteiger partial charge is 0.494 e. The standard InChI is InChI=1S/C28H35N6O8P/c1-5-41-43(38,39)42-16-6-13-33(14-15-35)23-10-8-22(9-11-23)29-32-26-18-21(3)25(19-28(26)40-4)31-30-24-12-7-20(2)17-27(24)34(36)37/h7-12,17-19,35H,5-6,13-16H2,1-4H3,(H,38,39). The lowest BCUT2D eigenvalue weighted by Crippen LogP contribution is -2.28. The van der Waals surface area contributed by atoms with Crippen LogP contribution in [0, 0.1) is 24.0 Å². The number of ether oxygens (including phenoxy) is 1. The van der Waals surface area contributed by atoms with Crippen molar-refractivity contribution in [1.82, 2.24) is 0 Å². The molecule has 0 fully saturated rings. The Morgan fingerprint density at radius 2 is 1.63 bits per heavy atom. The SMILES string of the molecule is CCOP(=O)(O)OCCCN(CCO)c1ccc(N=Nc2cc(C)c(N=Nc3ccc(C)cc3[N+](=O)[O-])cc2OC)cc1. The first-order chi connectivity index (χ1) is 20.6. The zero-order valence-corrected chi connectivity index (χ0v) is 25.3. The van der Waals surface area contributed by atoms with Gasteiger partial charge in [-0.1, -0.05) is 6.07 Å². The molecule has 0 spiro atoms. The van der Waals surface area contributed by atoms with E-state index in [1.165, 1.54) is 13.2 Å². The summed E-state index contributed by atoms with van der Waals surface area (Å²) >= 11 is 0. The molecule has 3 rings (SSSR count). The summed E-state index contributed by atoms with van der Waals surface area (Å²) in [5.74, 6) is 0.395. The number of aliphatic hydroxyl groups is 1.